The third-order valence-electron chi connectivity index (χ3n) is 8.73. The van der Waals surface area contributed by atoms with Gasteiger partial charge in [-0.3, -0.25) is 0 Å². The zero-order valence-corrected chi connectivity index (χ0v) is 29.3. The third kappa shape index (κ3) is 8.62. The molecule has 0 N–H and O–H groups in total. The highest BCUT2D eigenvalue weighted by Crippen LogP contribution is 2.53. The van der Waals surface area contributed by atoms with E-state index in [-0.39, 0.29) is 0 Å². The lowest BCUT2D eigenvalue weighted by Gasteiger charge is -2.63. The van der Waals surface area contributed by atoms with Gasteiger partial charge in [0.1, 0.15) is 16.5 Å². The second-order valence-corrected chi connectivity index (χ2v) is 33.0. The summed E-state index contributed by atoms with van der Waals surface area (Å²) < 4.78 is 3.35. The largest absolute Gasteiger partial charge is 0.344 e. The lowest BCUT2D eigenvalue weighted by Crippen LogP contribution is -2.73. The summed E-state index contributed by atoms with van der Waals surface area (Å²) in [6, 6.07) is 1.04. The fourth-order valence-electron chi connectivity index (χ4n) is 8.01. The van der Waals surface area contributed by atoms with Crippen LogP contribution in [0.4, 0.5) is 0 Å². The van der Waals surface area contributed by atoms with E-state index in [1.807, 2.05) is 6.55 Å². The zero-order valence-electron chi connectivity index (χ0n) is 24.8. The summed E-state index contributed by atoms with van der Waals surface area (Å²) in [5, 5.41) is 0. The van der Waals surface area contributed by atoms with Crippen LogP contribution in [0.5, 0.6) is 0 Å². The summed E-state index contributed by atoms with van der Waals surface area (Å²) in [7, 11) is -3.43. The summed E-state index contributed by atoms with van der Waals surface area (Å²) >= 11 is 12.6. The van der Waals surface area contributed by atoms with Gasteiger partial charge in [-0.15, -0.1) is 22.2 Å². The summed E-state index contributed by atoms with van der Waals surface area (Å²) in [4.78, 5) is 0. The molecule has 1 nitrogen and oxygen atoms in total. The van der Waals surface area contributed by atoms with Crippen molar-refractivity contribution in [3.8, 4) is 0 Å². The molecule has 0 saturated heterocycles. The molecule has 0 aliphatic carbocycles. The van der Waals surface area contributed by atoms with E-state index in [1.165, 1.54) is 45.1 Å². The van der Waals surface area contributed by atoms with Crippen LogP contribution in [0.3, 0.4) is 0 Å². The molecule has 0 aliphatic rings. The molecule has 0 fully saturated rings. The molecular formula is C27H61Cl2NSi3. The van der Waals surface area contributed by atoms with E-state index in [1.54, 1.807) is 0 Å². The highest BCUT2D eigenvalue weighted by molar-refractivity contribution is 7.44. The Morgan fingerprint density at radius 1 is 0.485 bits per heavy atom. The highest BCUT2D eigenvalue weighted by Gasteiger charge is 2.58. The summed E-state index contributed by atoms with van der Waals surface area (Å²) in [6.07, 6.45) is 7.91. The van der Waals surface area contributed by atoms with E-state index in [0.717, 1.165) is 39.3 Å². The summed E-state index contributed by atoms with van der Waals surface area (Å²) in [5.74, 6) is 0. The van der Waals surface area contributed by atoms with Gasteiger partial charge in [0.05, 0.1) is 0 Å². The number of halogens is 2. The maximum atomic E-state index is 6.28. The van der Waals surface area contributed by atoms with Crippen LogP contribution in [-0.4, -0.2) is 33.9 Å². The normalized spacial score (nSPS) is 14.4. The first-order valence-corrected chi connectivity index (χ1v) is 23.2. The maximum absolute atomic E-state index is 6.28. The molecule has 0 unspecified atom stereocenters. The molecule has 0 heterocycles. The molecule has 0 aromatic rings. The second kappa shape index (κ2) is 14.8. The van der Waals surface area contributed by atoms with Crippen molar-refractivity contribution in [3.05, 3.63) is 0 Å². The molecule has 200 valence electrons. The molecular weight excluding hydrogens is 493 g/mol. The van der Waals surface area contributed by atoms with E-state index in [9.17, 15) is 0 Å². The predicted molar refractivity (Wildman–Crippen MR) is 165 cm³/mol. The Bertz CT molecular complexity index is 452. The van der Waals surface area contributed by atoms with E-state index in [2.05, 4.69) is 87.3 Å². The first-order valence-electron chi connectivity index (χ1n) is 14.2. The highest BCUT2D eigenvalue weighted by atomic mass is 35.7. The average molecular weight is 555 g/mol. The lowest BCUT2D eigenvalue weighted by molar-refractivity contribution is 0.468. The van der Waals surface area contributed by atoms with E-state index >= 15 is 0 Å². The smallest absolute Gasteiger partial charge is 0.248 e. The first-order chi connectivity index (χ1) is 15.0. The topological polar surface area (TPSA) is 3.24 Å². The van der Waals surface area contributed by atoms with Crippen molar-refractivity contribution in [2.45, 2.75) is 167 Å². The fourth-order valence-corrected chi connectivity index (χ4v) is 29.8. The van der Waals surface area contributed by atoms with Crippen LogP contribution in [-0.2, 0) is 0 Å². The quantitative estimate of drug-likeness (QED) is 0.0981. The third-order valence-corrected chi connectivity index (χ3v) is 26.8. The molecule has 0 bridgehead atoms. The Balaban J connectivity index is 5.84. The van der Waals surface area contributed by atoms with Crippen LogP contribution in [0.25, 0.3) is 0 Å². The lowest BCUT2D eigenvalue weighted by atomic mass is 10.1. The Kier molecular flexibility index (Phi) is 15.3. The van der Waals surface area contributed by atoms with E-state index < -0.39 is 23.2 Å². The SMILES string of the molecule is CC(C)[Si](C(C)C)(C(C)C)N(CCCCCCCC[Si](C)(Cl)Cl)[Si](C(C)C)(C(C)C)C(C)C. The number of nitrogens with zero attached hydrogens (tertiary/aromatic N) is 1. The van der Waals surface area contributed by atoms with Gasteiger partial charge < -0.3 is 4.23 Å². The van der Waals surface area contributed by atoms with Crippen LogP contribution in [0.1, 0.15) is 122 Å². The van der Waals surface area contributed by atoms with Crippen molar-refractivity contribution in [1.29, 1.82) is 0 Å². The average Bonchev–Trinajstić information content (AvgIpc) is 2.61. The van der Waals surface area contributed by atoms with Crippen molar-refractivity contribution in [2.75, 3.05) is 6.54 Å². The molecule has 0 aromatic heterocycles. The molecule has 6 heteroatoms. The second-order valence-electron chi connectivity index (χ2n) is 12.8. The van der Waals surface area contributed by atoms with E-state index in [0.29, 0.717) is 0 Å². The number of unbranched alkanes of at least 4 members (excludes halogenated alkanes) is 5. The minimum atomic E-state index is -1.91. The molecule has 33 heavy (non-hydrogen) atoms. The van der Waals surface area contributed by atoms with Crippen LogP contribution < -0.4 is 0 Å². The van der Waals surface area contributed by atoms with Gasteiger partial charge in [0, 0.05) is 0 Å². The van der Waals surface area contributed by atoms with Gasteiger partial charge in [0.2, 0.25) is 6.69 Å². The summed E-state index contributed by atoms with van der Waals surface area (Å²) in [5.41, 5.74) is 4.70. The van der Waals surface area contributed by atoms with Crippen molar-refractivity contribution in [3.63, 3.8) is 0 Å². The van der Waals surface area contributed by atoms with Crippen LogP contribution in [0.15, 0.2) is 0 Å². The van der Waals surface area contributed by atoms with Crippen LogP contribution in [0.2, 0.25) is 45.8 Å². The molecule has 0 spiro atoms. The molecule has 0 radical (unpaired) electrons. The fraction of sp³-hybridized carbons (Fsp3) is 1.00. The van der Waals surface area contributed by atoms with Gasteiger partial charge in [-0.05, 0) is 58.8 Å². The van der Waals surface area contributed by atoms with Gasteiger partial charge in [-0.2, -0.15) is 0 Å². The van der Waals surface area contributed by atoms with Crippen LogP contribution in [0, 0.1) is 0 Å². The molecule has 0 saturated carbocycles. The minimum absolute atomic E-state index is 0.783. The first kappa shape index (κ1) is 34.2. The van der Waals surface area contributed by atoms with Crippen molar-refractivity contribution in [2.24, 2.45) is 0 Å². The maximum Gasteiger partial charge on any atom is 0.248 e. The standard InChI is InChI=1S/C27H61Cl2NSi3/c1-22(2)32(23(3)4,24(5)6)30(33(25(7)8,26(9)10)27(11)12)20-18-16-14-15-17-19-21-31(13,28)29/h22-27H,14-21H2,1-13H3. The van der Waals surface area contributed by atoms with Gasteiger partial charge in [0.15, 0.2) is 0 Å². The Hall–Kier alpha value is 1.19. The summed E-state index contributed by atoms with van der Waals surface area (Å²) in [6.45, 7) is 32.2. The van der Waals surface area contributed by atoms with Crippen molar-refractivity contribution < 1.29 is 0 Å². The number of hydrogen-bond donors (Lipinski definition) is 0. The van der Waals surface area contributed by atoms with Gasteiger partial charge in [-0.1, -0.05) is 115 Å². The molecule has 0 aliphatic heterocycles. The number of rotatable bonds is 17. The van der Waals surface area contributed by atoms with Gasteiger partial charge >= 0.3 is 0 Å². The van der Waals surface area contributed by atoms with E-state index in [4.69, 9.17) is 22.2 Å². The molecule has 0 aromatic carbocycles. The van der Waals surface area contributed by atoms with Gasteiger partial charge in [-0.25, -0.2) is 0 Å². The Morgan fingerprint density at radius 2 is 0.758 bits per heavy atom. The zero-order chi connectivity index (χ0) is 26.2. The monoisotopic (exact) mass is 553 g/mol. The molecule has 0 rings (SSSR count). The minimum Gasteiger partial charge on any atom is -0.344 e. The van der Waals surface area contributed by atoms with Crippen molar-refractivity contribution >= 4 is 45.3 Å². The van der Waals surface area contributed by atoms with Crippen LogP contribution >= 0.6 is 22.2 Å². The van der Waals surface area contributed by atoms with Crippen molar-refractivity contribution in [1.82, 2.24) is 4.23 Å². The van der Waals surface area contributed by atoms with Gasteiger partial charge in [0.25, 0.3) is 0 Å². The number of hydrogen-bond acceptors (Lipinski definition) is 1. The molecule has 0 atom stereocenters. The Labute approximate surface area is 222 Å². The predicted octanol–water partition coefficient (Wildman–Crippen LogP) is 11.5. The molecule has 0 amide bonds. The Morgan fingerprint density at radius 3 is 1.03 bits per heavy atom.